The minimum absolute atomic E-state index is 0.417. The Kier molecular flexibility index (Phi) is 5.48. The molecule has 0 bridgehead atoms. The van der Waals surface area contributed by atoms with E-state index in [2.05, 4.69) is 52.0 Å². The number of benzene rings is 1. The molecule has 0 saturated heterocycles. The highest BCUT2D eigenvalue weighted by Gasteiger charge is 2.35. The Hall–Kier alpha value is -0.820. The van der Waals surface area contributed by atoms with Gasteiger partial charge in [-0.2, -0.15) is 0 Å². The molecule has 3 unspecified atom stereocenters. The van der Waals surface area contributed by atoms with Crippen LogP contribution in [0.2, 0.25) is 0 Å². The van der Waals surface area contributed by atoms with Crippen LogP contribution in [0.25, 0.3) is 0 Å². The van der Waals surface area contributed by atoms with E-state index < -0.39 is 0 Å². The first kappa shape index (κ1) is 16.5. The Morgan fingerprint density at radius 2 is 1.76 bits per heavy atom. The van der Waals surface area contributed by atoms with Crippen LogP contribution in [0.3, 0.4) is 0 Å². The van der Waals surface area contributed by atoms with E-state index in [1.807, 2.05) is 0 Å². The first-order valence-electron chi connectivity index (χ1n) is 8.74. The van der Waals surface area contributed by atoms with Crippen molar-refractivity contribution >= 4 is 0 Å². The molecule has 21 heavy (non-hydrogen) atoms. The summed E-state index contributed by atoms with van der Waals surface area (Å²) in [6.45, 7) is 10.2. The van der Waals surface area contributed by atoms with Crippen LogP contribution >= 0.6 is 0 Å². The van der Waals surface area contributed by atoms with Crippen molar-refractivity contribution in [3.05, 3.63) is 35.4 Å². The van der Waals surface area contributed by atoms with Gasteiger partial charge in [0, 0.05) is 0 Å². The molecule has 1 nitrogen and oxygen atoms in total. The average molecular weight is 287 g/mol. The van der Waals surface area contributed by atoms with Gasteiger partial charge < -0.3 is 5.73 Å². The van der Waals surface area contributed by atoms with E-state index in [0.29, 0.717) is 17.3 Å². The van der Waals surface area contributed by atoms with Gasteiger partial charge in [-0.05, 0) is 66.5 Å². The lowest BCUT2D eigenvalue weighted by Gasteiger charge is -2.42. The molecule has 0 aromatic heterocycles. The lowest BCUT2D eigenvalue weighted by Crippen LogP contribution is -2.34. The molecule has 0 aliphatic heterocycles. The fourth-order valence-corrected chi connectivity index (χ4v) is 3.93. The van der Waals surface area contributed by atoms with E-state index in [9.17, 15) is 0 Å². The molecule has 1 aliphatic carbocycles. The normalized spacial score (nSPS) is 26.8. The number of nitrogens with two attached hydrogens (primary N) is 1. The zero-order chi connectivity index (χ0) is 15.5. The zero-order valence-electron chi connectivity index (χ0n) is 14.4. The summed E-state index contributed by atoms with van der Waals surface area (Å²) >= 11 is 0. The standard InChI is InChI=1S/C20H33N/c1-5-6-15-7-9-16(10-8-15)19-13-18(20(2,3)4)12-11-17(19)14-21/h7-10,17-19H,5-6,11-14,21H2,1-4H3. The van der Waals surface area contributed by atoms with Crippen LogP contribution in [-0.4, -0.2) is 6.54 Å². The molecule has 0 heterocycles. The second-order valence-corrected chi connectivity index (χ2v) is 7.97. The molecule has 0 amide bonds. The van der Waals surface area contributed by atoms with Crippen molar-refractivity contribution in [2.75, 3.05) is 6.54 Å². The predicted molar refractivity (Wildman–Crippen MR) is 92.5 cm³/mol. The maximum absolute atomic E-state index is 6.06. The van der Waals surface area contributed by atoms with Crippen LogP contribution in [0.5, 0.6) is 0 Å². The minimum atomic E-state index is 0.417. The van der Waals surface area contributed by atoms with Crippen LogP contribution in [0.1, 0.15) is 70.4 Å². The van der Waals surface area contributed by atoms with Gasteiger partial charge in [0.15, 0.2) is 0 Å². The van der Waals surface area contributed by atoms with Gasteiger partial charge in [-0.25, -0.2) is 0 Å². The van der Waals surface area contributed by atoms with Gasteiger partial charge in [-0.3, -0.25) is 0 Å². The first-order valence-corrected chi connectivity index (χ1v) is 8.74. The summed E-state index contributed by atoms with van der Waals surface area (Å²) < 4.78 is 0. The van der Waals surface area contributed by atoms with Crippen molar-refractivity contribution in [3.8, 4) is 0 Å². The predicted octanol–water partition coefficient (Wildman–Crippen LogP) is 5.14. The Labute approximate surface area is 131 Å². The molecule has 1 aromatic carbocycles. The van der Waals surface area contributed by atoms with Crippen LogP contribution in [0, 0.1) is 17.3 Å². The summed E-state index contributed by atoms with van der Waals surface area (Å²) in [4.78, 5) is 0. The summed E-state index contributed by atoms with van der Waals surface area (Å²) in [5.41, 5.74) is 9.46. The summed E-state index contributed by atoms with van der Waals surface area (Å²) in [5.74, 6) is 2.14. The van der Waals surface area contributed by atoms with Gasteiger partial charge in [0.2, 0.25) is 0 Å². The number of aryl methyl sites for hydroxylation is 1. The summed E-state index contributed by atoms with van der Waals surface area (Å²) in [5, 5.41) is 0. The van der Waals surface area contributed by atoms with Crippen LogP contribution < -0.4 is 5.73 Å². The van der Waals surface area contributed by atoms with Crippen molar-refractivity contribution in [1.29, 1.82) is 0 Å². The van der Waals surface area contributed by atoms with Crippen molar-refractivity contribution in [2.45, 2.75) is 65.7 Å². The average Bonchev–Trinajstić information content (AvgIpc) is 2.47. The third-order valence-electron chi connectivity index (χ3n) is 5.47. The van der Waals surface area contributed by atoms with Crippen LogP contribution in [0.4, 0.5) is 0 Å². The fourth-order valence-electron chi connectivity index (χ4n) is 3.93. The Bertz CT molecular complexity index is 426. The monoisotopic (exact) mass is 287 g/mol. The lowest BCUT2D eigenvalue weighted by atomic mass is 9.64. The quantitative estimate of drug-likeness (QED) is 0.815. The number of rotatable bonds is 4. The smallest absolute Gasteiger partial charge is 0.00430 e. The van der Waals surface area contributed by atoms with Crippen molar-refractivity contribution in [3.63, 3.8) is 0 Å². The molecule has 1 aliphatic rings. The van der Waals surface area contributed by atoms with Crippen molar-refractivity contribution in [1.82, 2.24) is 0 Å². The molecular weight excluding hydrogens is 254 g/mol. The van der Waals surface area contributed by atoms with Gasteiger partial charge in [-0.1, -0.05) is 58.4 Å². The topological polar surface area (TPSA) is 26.0 Å². The van der Waals surface area contributed by atoms with Gasteiger partial charge in [0.1, 0.15) is 0 Å². The summed E-state index contributed by atoms with van der Waals surface area (Å²) in [6.07, 6.45) is 6.35. The first-order chi connectivity index (χ1) is 9.95. The fraction of sp³-hybridized carbons (Fsp3) is 0.700. The van der Waals surface area contributed by atoms with Gasteiger partial charge in [0.05, 0.1) is 0 Å². The zero-order valence-corrected chi connectivity index (χ0v) is 14.4. The molecule has 3 atom stereocenters. The van der Waals surface area contributed by atoms with Gasteiger partial charge in [-0.15, -0.1) is 0 Å². The molecule has 2 rings (SSSR count). The Balaban J connectivity index is 2.16. The maximum Gasteiger partial charge on any atom is -0.00430 e. The SMILES string of the molecule is CCCc1ccc(C2CC(C(C)(C)C)CCC2CN)cc1. The lowest BCUT2D eigenvalue weighted by molar-refractivity contribution is 0.133. The summed E-state index contributed by atoms with van der Waals surface area (Å²) in [6, 6.07) is 9.38. The molecule has 1 aromatic rings. The third kappa shape index (κ3) is 4.10. The molecule has 1 saturated carbocycles. The second-order valence-electron chi connectivity index (χ2n) is 7.97. The Morgan fingerprint density at radius 3 is 2.29 bits per heavy atom. The Morgan fingerprint density at radius 1 is 1.10 bits per heavy atom. The van der Waals surface area contributed by atoms with Crippen molar-refractivity contribution in [2.24, 2.45) is 23.0 Å². The minimum Gasteiger partial charge on any atom is -0.330 e. The molecule has 118 valence electrons. The van der Waals surface area contributed by atoms with E-state index in [1.54, 1.807) is 0 Å². The van der Waals surface area contributed by atoms with E-state index in [4.69, 9.17) is 5.73 Å². The molecular formula is C20H33N. The van der Waals surface area contributed by atoms with E-state index in [1.165, 1.54) is 43.2 Å². The van der Waals surface area contributed by atoms with E-state index in [-0.39, 0.29) is 0 Å². The second kappa shape index (κ2) is 6.96. The summed E-state index contributed by atoms with van der Waals surface area (Å²) in [7, 11) is 0. The molecule has 1 heteroatoms. The van der Waals surface area contributed by atoms with Crippen molar-refractivity contribution < 1.29 is 0 Å². The van der Waals surface area contributed by atoms with E-state index >= 15 is 0 Å². The molecule has 2 N–H and O–H groups in total. The highest BCUT2D eigenvalue weighted by Crippen LogP contribution is 2.46. The number of hydrogen-bond acceptors (Lipinski definition) is 1. The largest absolute Gasteiger partial charge is 0.330 e. The van der Waals surface area contributed by atoms with Gasteiger partial charge >= 0.3 is 0 Å². The highest BCUT2D eigenvalue weighted by molar-refractivity contribution is 5.27. The van der Waals surface area contributed by atoms with Crippen LogP contribution in [0.15, 0.2) is 24.3 Å². The third-order valence-corrected chi connectivity index (χ3v) is 5.47. The molecule has 0 radical (unpaired) electrons. The molecule has 0 spiro atoms. The maximum atomic E-state index is 6.06. The number of hydrogen-bond donors (Lipinski definition) is 1. The highest BCUT2D eigenvalue weighted by atomic mass is 14.6. The van der Waals surface area contributed by atoms with Crippen LogP contribution in [-0.2, 0) is 6.42 Å². The molecule has 1 fully saturated rings. The van der Waals surface area contributed by atoms with E-state index in [0.717, 1.165) is 12.5 Å². The van der Waals surface area contributed by atoms with Gasteiger partial charge in [0.25, 0.3) is 0 Å².